The van der Waals surface area contributed by atoms with Crippen LogP contribution in [0.5, 0.6) is 0 Å². The van der Waals surface area contributed by atoms with Gasteiger partial charge < -0.3 is 4.90 Å². The lowest BCUT2D eigenvalue weighted by Gasteiger charge is -2.35. The van der Waals surface area contributed by atoms with Crippen LogP contribution in [0.15, 0.2) is 249 Å². The van der Waals surface area contributed by atoms with Gasteiger partial charge in [0.05, 0.1) is 5.41 Å². The summed E-state index contributed by atoms with van der Waals surface area (Å²) in [5.74, 6) is 0. The van der Waals surface area contributed by atoms with E-state index in [1.165, 1.54) is 88.0 Å². The molecule has 0 fully saturated rings. The summed E-state index contributed by atoms with van der Waals surface area (Å²) in [5.41, 5.74) is 15.3. The van der Waals surface area contributed by atoms with Crippen LogP contribution in [0.2, 0.25) is 0 Å². The zero-order chi connectivity index (χ0) is 41.0. The summed E-state index contributed by atoms with van der Waals surface area (Å²) in [6.45, 7) is 0. The van der Waals surface area contributed by atoms with Crippen LogP contribution in [0.25, 0.3) is 65.7 Å². The van der Waals surface area contributed by atoms with Crippen molar-refractivity contribution >= 4 is 49.4 Å². The second-order valence-electron chi connectivity index (χ2n) is 16.4. The van der Waals surface area contributed by atoms with Gasteiger partial charge in [0.1, 0.15) is 0 Å². The Kier molecular flexibility index (Phi) is 8.47. The Balaban J connectivity index is 1.07. The molecular weight excluding hydrogens is 747 g/mol. The molecule has 1 heteroatoms. The van der Waals surface area contributed by atoms with Gasteiger partial charge in [-0.1, -0.05) is 212 Å². The van der Waals surface area contributed by atoms with Crippen LogP contribution >= 0.6 is 0 Å². The fourth-order valence-electron chi connectivity index (χ4n) is 10.3. The summed E-state index contributed by atoms with van der Waals surface area (Å²) in [7, 11) is 0. The summed E-state index contributed by atoms with van der Waals surface area (Å²) in [6, 6.07) is 91.6. The van der Waals surface area contributed by atoms with Crippen molar-refractivity contribution < 1.29 is 0 Å². The molecule has 0 saturated carbocycles. The van der Waals surface area contributed by atoms with Crippen LogP contribution in [-0.4, -0.2) is 0 Å². The first-order valence-electron chi connectivity index (χ1n) is 21.5. The van der Waals surface area contributed by atoms with Gasteiger partial charge in [0.15, 0.2) is 0 Å². The van der Waals surface area contributed by atoms with Gasteiger partial charge in [0.2, 0.25) is 0 Å². The minimum Gasteiger partial charge on any atom is -0.310 e. The quantitative estimate of drug-likeness (QED) is 0.145. The molecule has 0 N–H and O–H groups in total. The molecule has 0 aliphatic heterocycles. The maximum atomic E-state index is 2.47. The van der Waals surface area contributed by atoms with Crippen molar-refractivity contribution in [1.82, 2.24) is 0 Å². The number of nitrogens with zero attached hydrogens (tertiary/aromatic N) is 1. The SMILES string of the molecule is c1ccc(-c2ccc(-c3ccc(N(c4ccc5c(c4)C(c4ccccc4)(c4ccccc4)c4ccccc4-5)c4ccc5c6ccccc6c6ccccc6c5c4)cc3)cc2)cc1. The van der Waals surface area contributed by atoms with Gasteiger partial charge in [0, 0.05) is 17.1 Å². The average molecular weight is 788 g/mol. The molecule has 290 valence electrons. The molecule has 0 radical (unpaired) electrons. The van der Waals surface area contributed by atoms with E-state index in [9.17, 15) is 0 Å². The van der Waals surface area contributed by atoms with Crippen molar-refractivity contribution in [1.29, 1.82) is 0 Å². The van der Waals surface area contributed by atoms with Gasteiger partial charge in [0.25, 0.3) is 0 Å². The predicted molar refractivity (Wildman–Crippen MR) is 262 cm³/mol. The fraction of sp³-hybridized carbons (Fsp3) is 0.0164. The maximum Gasteiger partial charge on any atom is 0.0714 e. The molecule has 0 atom stereocenters. The van der Waals surface area contributed by atoms with E-state index < -0.39 is 5.41 Å². The minimum atomic E-state index is -0.510. The van der Waals surface area contributed by atoms with Crippen LogP contribution in [0.3, 0.4) is 0 Å². The molecule has 12 rings (SSSR count). The van der Waals surface area contributed by atoms with Crippen LogP contribution in [0.1, 0.15) is 22.3 Å². The highest BCUT2D eigenvalue weighted by Crippen LogP contribution is 2.57. The topological polar surface area (TPSA) is 3.24 Å². The van der Waals surface area contributed by atoms with Gasteiger partial charge in [-0.25, -0.2) is 0 Å². The summed E-state index contributed by atoms with van der Waals surface area (Å²) in [5, 5.41) is 7.58. The molecule has 0 spiro atoms. The minimum absolute atomic E-state index is 0.510. The number of rotatable bonds is 7. The predicted octanol–water partition coefficient (Wildman–Crippen LogP) is 16.3. The van der Waals surface area contributed by atoms with E-state index >= 15 is 0 Å². The van der Waals surface area contributed by atoms with Gasteiger partial charge in [-0.15, -0.1) is 0 Å². The van der Waals surface area contributed by atoms with Crippen LogP contribution in [0, 0.1) is 0 Å². The molecule has 0 unspecified atom stereocenters. The van der Waals surface area contributed by atoms with E-state index in [0.717, 1.165) is 17.1 Å². The Hall–Kier alpha value is -8.00. The van der Waals surface area contributed by atoms with Crippen molar-refractivity contribution in [3.05, 3.63) is 271 Å². The van der Waals surface area contributed by atoms with Crippen molar-refractivity contribution in [3.63, 3.8) is 0 Å². The first kappa shape index (κ1) is 35.9. The third kappa shape index (κ3) is 5.63. The highest BCUT2D eigenvalue weighted by molar-refractivity contribution is 6.25. The van der Waals surface area contributed by atoms with E-state index in [0.29, 0.717) is 0 Å². The molecule has 1 aliphatic carbocycles. The molecule has 0 amide bonds. The molecule has 11 aromatic rings. The summed E-state index contributed by atoms with van der Waals surface area (Å²) in [4.78, 5) is 2.45. The highest BCUT2D eigenvalue weighted by Gasteiger charge is 2.46. The van der Waals surface area contributed by atoms with Crippen LogP contribution < -0.4 is 4.90 Å². The number of fused-ring (bicyclic) bond motifs is 9. The third-order valence-electron chi connectivity index (χ3n) is 13.1. The van der Waals surface area contributed by atoms with Gasteiger partial charge >= 0.3 is 0 Å². The number of hydrogen-bond donors (Lipinski definition) is 0. The molecule has 0 heterocycles. The van der Waals surface area contributed by atoms with Crippen LogP contribution in [0.4, 0.5) is 17.1 Å². The van der Waals surface area contributed by atoms with Gasteiger partial charge in [-0.3, -0.25) is 0 Å². The van der Waals surface area contributed by atoms with E-state index in [1.807, 2.05) is 0 Å². The van der Waals surface area contributed by atoms with Crippen molar-refractivity contribution in [2.24, 2.45) is 0 Å². The zero-order valence-electron chi connectivity index (χ0n) is 34.1. The molecular formula is C61H41N. The van der Waals surface area contributed by atoms with E-state index in [1.54, 1.807) is 0 Å². The third-order valence-corrected chi connectivity index (χ3v) is 13.1. The average Bonchev–Trinajstić information content (AvgIpc) is 3.65. The number of anilines is 3. The first-order valence-corrected chi connectivity index (χ1v) is 21.5. The lowest BCUT2D eigenvalue weighted by Crippen LogP contribution is -2.28. The maximum absolute atomic E-state index is 2.47. The molecule has 1 aliphatic rings. The Morgan fingerprint density at radius 3 is 1.21 bits per heavy atom. The molecule has 1 nitrogen and oxygen atoms in total. The molecule has 0 bridgehead atoms. The number of benzene rings is 11. The standard InChI is InChI=1S/C61H41N/c1-4-16-42(17-5-1)43-28-30-44(31-29-43)45-32-34-48(35-33-45)62(49-36-38-55-53-24-11-10-22-51(53)52-23-12-13-25-54(52)58(55)40-49)50-37-39-57-56-26-14-15-27-59(56)61(60(57)41-50,46-18-6-2-7-19-46)47-20-8-3-9-21-47/h1-41H. The van der Waals surface area contributed by atoms with E-state index in [4.69, 9.17) is 0 Å². The first-order chi connectivity index (χ1) is 30.8. The van der Waals surface area contributed by atoms with Crippen molar-refractivity contribution in [2.45, 2.75) is 5.41 Å². The van der Waals surface area contributed by atoms with Crippen molar-refractivity contribution in [2.75, 3.05) is 4.90 Å². The van der Waals surface area contributed by atoms with E-state index in [2.05, 4.69) is 254 Å². The second kappa shape index (κ2) is 14.6. The Morgan fingerprint density at radius 2 is 0.629 bits per heavy atom. The summed E-state index contributed by atoms with van der Waals surface area (Å²) >= 11 is 0. The molecule has 62 heavy (non-hydrogen) atoms. The molecule has 0 aromatic heterocycles. The normalized spacial score (nSPS) is 12.6. The smallest absolute Gasteiger partial charge is 0.0714 e. The number of hydrogen-bond acceptors (Lipinski definition) is 1. The monoisotopic (exact) mass is 787 g/mol. The Morgan fingerprint density at radius 1 is 0.242 bits per heavy atom. The van der Waals surface area contributed by atoms with Gasteiger partial charge in [-0.05, 0) is 124 Å². The lowest BCUT2D eigenvalue weighted by atomic mass is 9.67. The second-order valence-corrected chi connectivity index (χ2v) is 16.4. The highest BCUT2D eigenvalue weighted by atomic mass is 15.1. The van der Waals surface area contributed by atoms with Gasteiger partial charge in [-0.2, -0.15) is 0 Å². The Labute approximate surface area is 362 Å². The summed E-state index contributed by atoms with van der Waals surface area (Å²) < 4.78 is 0. The van der Waals surface area contributed by atoms with Crippen molar-refractivity contribution in [3.8, 4) is 33.4 Å². The lowest BCUT2D eigenvalue weighted by molar-refractivity contribution is 0.768. The van der Waals surface area contributed by atoms with Crippen LogP contribution in [-0.2, 0) is 5.41 Å². The zero-order valence-corrected chi connectivity index (χ0v) is 34.1. The largest absolute Gasteiger partial charge is 0.310 e. The summed E-state index contributed by atoms with van der Waals surface area (Å²) in [6.07, 6.45) is 0. The molecule has 0 saturated heterocycles. The fourth-order valence-corrected chi connectivity index (χ4v) is 10.3. The molecule has 11 aromatic carbocycles. The van der Waals surface area contributed by atoms with E-state index in [-0.39, 0.29) is 0 Å². The Bertz CT molecular complexity index is 3350.